The van der Waals surface area contributed by atoms with E-state index in [1.54, 1.807) is 30.3 Å². The summed E-state index contributed by atoms with van der Waals surface area (Å²) in [5, 5.41) is 19.8. The number of phenols is 2. The highest BCUT2D eigenvalue weighted by atomic mass is 16.4. The maximum atomic E-state index is 12.3. The number of aryl methyl sites for hydroxylation is 2. The van der Waals surface area contributed by atoms with Gasteiger partial charge >= 0.3 is 5.63 Å². The zero-order valence-electron chi connectivity index (χ0n) is 11.7. The second-order valence-corrected chi connectivity index (χ2v) is 5.07. The zero-order chi connectivity index (χ0) is 15.1. The Hall–Kier alpha value is -2.75. The predicted molar refractivity (Wildman–Crippen MR) is 80.7 cm³/mol. The molecule has 4 heteroatoms. The van der Waals surface area contributed by atoms with Crippen molar-refractivity contribution in [3.8, 4) is 22.6 Å². The molecule has 0 saturated carbocycles. The third-order valence-electron chi connectivity index (χ3n) is 3.63. The molecule has 0 spiro atoms. The van der Waals surface area contributed by atoms with Gasteiger partial charge in [-0.2, -0.15) is 0 Å². The van der Waals surface area contributed by atoms with E-state index in [1.165, 1.54) is 6.07 Å². The van der Waals surface area contributed by atoms with Gasteiger partial charge in [0.2, 0.25) is 0 Å². The fourth-order valence-electron chi connectivity index (χ4n) is 2.58. The number of benzene rings is 2. The van der Waals surface area contributed by atoms with E-state index in [1.807, 2.05) is 13.8 Å². The minimum Gasteiger partial charge on any atom is -0.508 e. The molecule has 2 N–H and O–H groups in total. The SMILES string of the molecule is Cc1cc(O)ccc1-c1c(C)c2ccc(O)cc2oc1=O. The molecule has 0 aliphatic carbocycles. The molecular formula is C17H14O4. The number of fused-ring (bicyclic) bond motifs is 1. The normalized spacial score (nSPS) is 11.0. The Morgan fingerprint density at radius 2 is 1.62 bits per heavy atom. The summed E-state index contributed by atoms with van der Waals surface area (Å²) in [6.45, 7) is 3.67. The molecule has 0 aliphatic rings. The molecule has 106 valence electrons. The topological polar surface area (TPSA) is 70.7 Å². The van der Waals surface area contributed by atoms with Gasteiger partial charge in [0, 0.05) is 11.5 Å². The van der Waals surface area contributed by atoms with Crippen molar-refractivity contribution >= 4 is 11.0 Å². The van der Waals surface area contributed by atoms with E-state index >= 15 is 0 Å². The van der Waals surface area contributed by atoms with Crippen molar-refractivity contribution in [2.45, 2.75) is 13.8 Å². The number of hydrogen-bond donors (Lipinski definition) is 2. The third-order valence-corrected chi connectivity index (χ3v) is 3.63. The van der Waals surface area contributed by atoms with Gasteiger partial charge in [-0.1, -0.05) is 6.07 Å². The van der Waals surface area contributed by atoms with Gasteiger partial charge in [-0.05, 0) is 54.8 Å². The van der Waals surface area contributed by atoms with E-state index in [9.17, 15) is 15.0 Å². The summed E-state index contributed by atoms with van der Waals surface area (Å²) in [7, 11) is 0. The van der Waals surface area contributed by atoms with E-state index in [-0.39, 0.29) is 11.5 Å². The molecular weight excluding hydrogens is 268 g/mol. The van der Waals surface area contributed by atoms with Crippen LogP contribution in [-0.4, -0.2) is 10.2 Å². The van der Waals surface area contributed by atoms with Gasteiger partial charge in [-0.15, -0.1) is 0 Å². The van der Waals surface area contributed by atoms with E-state index in [0.717, 1.165) is 22.1 Å². The van der Waals surface area contributed by atoms with Crippen molar-refractivity contribution in [1.82, 2.24) is 0 Å². The molecule has 0 aliphatic heterocycles. The van der Waals surface area contributed by atoms with Crippen LogP contribution in [0.3, 0.4) is 0 Å². The summed E-state index contributed by atoms with van der Waals surface area (Å²) in [5.74, 6) is 0.211. The van der Waals surface area contributed by atoms with Gasteiger partial charge < -0.3 is 14.6 Å². The predicted octanol–water partition coefficient (Wildman–Crippen LogP) is 3.49. The van der Waals surface area contributed by atoms with Crippen LogP contribution in [0.4, 0.5) is 0 Å². The lowest BCUT2D eigenvalue weighted by Crippen LogP contribution is -2.06. The fourth-order valence-corrected chi connectivity index (χ4v) is 2.58. The van der Waals surface area contributed by atoms with Crippen LogP contribution in [-0.2, 0) is 0 Å². The first-order valence-electron chi connectivity index (χ1n) is 6.54. The molecule has 0 unspecified atom stereocenters. The number of phenolic OH excluding ortho intramolecular Hbond substituents is 2. The van der Waals surface area contributed by atoms with Gasteiger partial charge in [0.1, 0.15) is 17.1 Å². The molecule has 0 saturated heterocycles. The number of rotatable bonds is 1. The molecule has 21 heavy (non-hydrogen) atoms. The van der Waals surface area contributed by atoms with Crippen LogP contribution in [0.2, 0.25) is 0 Å². The first-order valence-corrected chi connectivity index (χ1v) is 6.54. The average Bonchev–Trinajstić information content (AvgIpc) is 2.40. The maximum Gasteiger partial charge on any atom is 0.344 e. The molecule has 0 atom stereocenters. The Bertz CT molecular complexity index is 907. The van der Waals surface area contributed by atoms with Crippen molar-refractivity contribution in [2.24, 2.45) is 0 Å². The van der Waals surface area contributed by atoms with E-state index in [2.05, 4.69) is 0 Å². The quantitative estimate of drug-likeness (QED) is 0.670. The summed E-state index contributed by atoms with van der Waals surface area (Å²) in [6.07, 6.45) is 0. The van der Waals surface area contributed by atoms with Gasteiger partial charge in [0.25, 0.3) is 0 Å². The van der Waals surface area contributed by atoms with E-state index in [4.69, 9.17) is 4.42 Å². The Morgan fingerprint density at radius 1 is 0.952 bits per heavy atom. The van der Waals surface area contributed by atoms with Gasteiger partial charge in [0.15, 0.2) is 0 Å². The molecule has 0 fully saturated rings. The van der Waals surface area contributed by atoms with Gasteiger partial charge in [-0.3, -0.25) is 0 Å². The van der Waals surface area contributed by atoms with Crippen molar-refractivity contribution in [1.29, 1.82) is 0 Å². The molecule has 1 heterocycles. The lowest BCUT2D eigenvalue weighted by Gasteiger charge is -2.10. The molecule has 1 aromatic heterocycles. The standard InChI is InChI=1S/C17H14O4/c1-9-7-11(18)3-5-13(9)16-10(2)14-6-4-12(19)8-15(14)21-17(16)20/h3-8,18-19H,1-2H3. The Labute approximate surface area is 120 Å². The first-order chi connectivity index (χ1) is 9.97. The Kier molecular flexibility index (Phi) is 2.94. The highest BCUT2D eigenvalue weighted by molar-refractivity contribution is 5.88. The number of hydrogen-bond acceptors (Lipinski definition) is 4. The summed E-state index contributed by atoms with van der Waals surface area (Å²) >= 11 is 0. The van der Waals surface area contributed by atoms with Crippen molar-refractivity contribution in [2.75, 3.05) is 0 Å². The molecule has 0 radical (unpaired) electrons. The average molecular weight is 282 g/mol. The fraction of sp³-hybridized carbons (Fsp3) is 0.118. The van der Waals surface area contributed by atoms with Crippen LogP contribution >= 0.6 is 0 Å². The summed E-state index contributed by atoms with van der Waals surface area (Å²) in [4.78, 5) is 12.3. The molecule has 2 aromatic carbocycles. The van der Waals surface area contributed by atoms with Crippen molar-refractivity contribution < 1.29 is 14.6 Å². The van der Waals surface area contributed by atoms with Crippen LogP contribution < -0.4 is 5.63 Å². The number of aromatic hydroxyl groups is 2. The lowest BCUT2D eigenvalue weighted by atomic mass is 9.96. The summed E-state index contributed by atoms with van der Waals surface area (Å²) in [5.41, 5.74) is 2.69. The monoisotopic (exact) mass is 282 g/mol. The lowest BCUT2D eigenvalue weighted by molar-refractivity contribution is 0.472. The molecule has 0 bridgehead atoms. The highest BCUT2D eigenvalue weighted by Gasteiger charge is 2.15. The van der Waals surface area contributed by atoms with Crippen LogP contribution in [0.15, 0.2) is 45.6 Å². The smallest absolute Gasteiger partial charge is 0.344 e. The zero-order valence-corrected chi connectivity index (χ0v) is 11.7. The van der Waals surface area contributed by atoms with E-state index in [0.29, 0.717) is 11.1 Å². The first kappa shape index (κ1) is 13.2. The van der Waals surface area contributed by atoms with E-state index < -0.39 is 5.63 Å². The molecule has 0 amide bonds. The Balaban J connectivity index is 2.38. The van der Waals surface area contributed by atoms with Crippen molar-refractivity contribution in [3.63, 3.8) is 0 Å². The third kappa shape index (κ3) is 2.14. The molecule has 3 aromatic rings. The van der Waals surface area contributed by atoms with Crippen LogP contribution in [0.25, 0.3) is 22.1 Å². The molecule has 4 nitrogen and oxygen atoms in total. The van der Waals surface area contributed by atoms with Gasteiger partial charge in [0.05, 0.1) is 5.56 Å². The van der Waals surface area contributed by atoms with Gasteiger partial charge in [-0.25, -0.2) is 4.79 Å². The maximum absolute atomic E-state index is 12.3. The Morgan fingerprint density at radius 3 is 2.33 bits per heavy atom. The minimum atomic E-state index is -0.459. The van der Waals surface area contributed by atoms with Crippen LogP contribution in [0, 0.1) is 13.8 Å². The van der Waals surface area contributed by atoms with Crippen LogP contribution in [0.5, 0.6) is 11.5 Å². The van der Waals surface area contributed by atoms with Crippen LogP contribution in [0.1, 0.15) is 11.1 Å². The summed E-state index contributed by atoms with van der Waals surface area (Å²) < 4.78 is 5.32. The molecule has 3 rings (SSSR count). The minimum absolute atomic E-state index is 0.0543. The van der Waals surface area contributed by atoms with Crippen molar-refractivity contribution in [3.05, 3.63) is 57.9 Å². The second-order valence-electron chi connectivity index (χ2n) is 5.07. The second kappa shape index (κ2) is 4.66. The highest BCUT2D eigenvalue weighted by Crippen LogP contribution is 2.31. The largest absolute Gasteiger partial charge is 0.508 e. The summed E-state index contributed by atoms with van der Waals surface area (Å²) in [6, 6.07) is 9.57.